The fourth-order valence-corrected chi connectivity index (χ4v) is 3.81. The Bertz CT molecular complexity index is 229. The third-order valence-electron chi connectivity index (χ3n) is 3.81. The standard InChI is InChI=1S/C11H22N2OS/c1-2-11(4-3-5-12-11)10-13-6-8-15(14)9-7-13/h12H,2-10H2,1H3. The number of rotatable bonds is 3. The predicted octanol–water partition coefficient (Wildman–Crippen LogP) is 0.583. The molecule has 0 saturated carbocycles. The Morgan fingerprint density at radius 2 is 2.13 bits per heavy atom. The summed E-state index contributed by atoms with van der Waals surface area (Å²) in [6.07, 6.45) is 3.84. The second-order valence-corrected chi connectivity index (χ2v) is 6.48. The van der Waals surface area contributed by atoms with Gasteiger partial charge in [0.25, 0.3) is 0 Å². The molecule has 0 aliphatic carbocycles. The minimum absolute atomic E-state index is 0.360. The van der Waals surface area contributed by atoms with Crippen LogP contribution in [0, 0.1) is 0 Å². The lowest BCUT2D eigenvalue weighted by Crippen LogP contribution is -2.52. The summed E-state index contributed by atoms with van der Waals surface area (Å²) in [5, 5.41) is 3.66. The maximum Gasteiger partial charge on any atom is 0.0363 e. The van der Waals surface area contributed by atoms with Gasteiger partial charge in [0, 0.05) is 47.5 Å². The van der Waals surface area contributed by atoms with E-state index in [1.807, 2.05) is 0 Å². The average molecular weight is 230 g/mol. The molecule has 0 aromatic carbocycles. The monoisotopic (exact) mass is 230 g/mol. The van der Waals surface area contributed by atoms with Gasteiger partial charge >= 0.3 is 0 Å². The molecular formula is C11H22N2OS. The summed E-state index contributed by atoms with van der Waals surface area (Å²) >= 11 is 0. The van der Waals surface area contributed by atoms with Gasteiger partial charge < -0.3 is 5.32 Å². The van der Waals surface area contributed by atoms with Crippen LogP contribution in [0.3, 0.4) is 0 Å². The molecule has 2 aliphatic heterocycles. The topological polar surface area (TPSA) is 32.3 Å². The predicted molar refractivity (Wildman–Crippen MR) is 64.6 cm³/mol. The smallest absolute Gasteiger partial charge is 0.0363 e. The Morgan fingerprint density at radius 1 is 1.40 bits per heavy atom. The minimum atomic E-state index is -0.542. The maximum absolute atomic E-state index is 11.3. The lowest BCUT2D eigenvalue weighted by molar-refractivity contribution is 0.201. The molecular weight excluding hydrogens is 208 g/mol. The maximum atomic E-state index is 11.3. The Morgan fingerprint density at radius 3 is 2.67 bits per heavy atom. The molecule has 2 fully saturated rings. The minimum Gasteiger partial charge on any atom is -0.310 e. The van der Waals surface area contributed by atoms with Gasteiger partial charge in [-0.1, -0.05) is 6.92 Å². The van der Waals surface area contributed by atoms with E-state index in [9.17, 15) is 4.21 Å². The van der Waals surface area contributed by atoms with E-state index in [0.29, 0.717) is 5.54 Å². The van der Waals surface area contributed by atoms with Gasteiger partial charge in [-0.3, -0.25) is 9.11 Å². The summed E-state index contributed by atoms with van der Waals surface area (Å²) in [5.74, 6) is 1.75. The van der Waals surface area contributed by atoms with Gasteiger partial charge in [0.15, 0.2) is 0 Å². The van der Waals surface area contributed by atoms with E-state index in [1.54, 1.807) is 0 Å². The molecule has 2 aliphatic rings. The average Bonchev–Trinajstić information content (AvgIpc) is 2.71. The van der Waals surface area contributed by atoms with Gasteiger partial charge in [-0.25, -0.2) is 0 Å². The molecule has 2 rings (SSSR count). The zero-order valence-corrected chi connectivity index (χ0v) is 10.4. The van der Waals surface area contributed by atoms with Crippen molar-refractivity contribution in [2.75, 3.05) is 37.7 Å². The fourth-order valence-electron chi connectivity index (χ4n) is 2.68. The first-order valence-corrected chi connectivity index (χ1v) is 7.55. The van der Waals surface area contributed by atoms with Crippen LogP contribution in [0.5, 0.6) is 0 Å². The van der Waals surface area contributed by atoms with Crippen LogP contribution in [0.25, 0.3) is 0 Å². The zero-order valence-electron chi connectivity index (χ0n) is 9.63. The molecule has 88 valence electrons. The number of nitrogens with one attached hydrogen (secondary N) is 1. The van der Waals surface area contributed by atoms with Crippen molar-refractivity contribution in [3.63, 3.8) is 0 Å². The summed E-state index contributed by atoms with van der Waals surface area (Å²) in [5.41, 5.74) is 0.360. The normalized spacial score (nSPS) is 34.7. The highest BCUT2D eigenvalue weighted by Crippen LogP contribution is 2.24. The Kier molecular flexibility index (Phi) is 3.80. The van der Waals surface area contributed by atoms with Crippen LogP contribution in [0.15, 0.2) is 0 Å². The van der Waals surface area contributed by atoms with Crippen molar-refractivity contribution < 1.29 is 4.21 Å². The molecule has 0 spiro atoms. The second-order valence-electron chi connectivity index (χ2n) is 4.79. The molecule has 0 bridgehead atoms. The molecule has 3 nitrogen and oxygen atoms in total. The van der Waals surface area contributed by atoms with E-state index in [4.69, 9.17) is 0 Å². The van der Waals surface area contributed by atoms with Crippen molar-refractivity contribution in [1.29, 1.82) is 0 Å². The van der Waals surface area contributed by atoms with Crippen LogP contribution >= 0.6 is 0 Å². The molecule has 15 heavy (non-hydrogen) atoms. The SMILES string of the molecule is CCC1(CN2CCS(=O)CC2)CCCN1. The van der Waals surface area contributed by atoms with Gasteiger partial charge in [-0.15, -0.1) is 0 Å². The molecule has 0 amide bonds. The van der Waals surface area contributed by atoms with Gasteiger partial charge in [-0.2, -0.15) is 0 Å². The van der Waals surface area contributed by atoms with E-state index < -0.39 is 10.8 Å². The molecule has 2 saturated heterocycles. The van der Waals surface area contributed by atoms with Crippen LogP contribution < -0.4 is 5.32 Å². The fraction of sp³-hybridized carbons (Fsp3) is 1.00. The number of hydrogen-bond donors (Lipinski definition) is 1. The molecule has 2 heterocycles. The molecule has 0 aromatic rings. The summed E-state index contributed by atoms with van der Waals surface area (Å²) in [6.45, 7) is 6.65. The largest absolute Gasteiger partial charge is 0.310 e. The molecule has 1 N–H and O–H groups in total. The van der Waals surface area contributed by atoms with Gasteiger partial charge in [0.2, 0.25) is 0 Å². The number of hydrogen-bond acceptors (Lipinski definition) is 3. The quantitative estimate of drug-likeness (QED) is 0.770. The van der Waals surface area contributed by atoms with Crippen LogP contribution in [-0.4, -0.2) is 52.3 Å². The third-order valence-corrected chi connectivity index (χ3v) is 5.08. The van der Waals surface area contributed by atoms with Crippen molar-refractivity contribution >= 4 is 10.8 Å². The van der Waals surface area contributed by atoms with Gasteiger partial charge in [0.05, 0.1) is 0 Å². The summed E-state index contributed by atoms with van der Waals surface area (Å²) in [7, 11) is -0.542. The van der Waals surface area contributed by atoms with Crippen LogP contribution in [-0.2, 0) is 10.8 Å². The third kappa shape index (κ3) is 2.80. The highest BCUT2D eigenvalue weighted by atomic mass is 32.2. The van der Waals surface area contributed by atoms with E-state index in [1.165, 1.54) is 25.8 Å². The van der Waals surface area contributed by atoms with E-state index in [0.717, 1.165) is 31.1 Å². The molecule has 0 radical (unpaired) electrons. The number of nitrogens with zero attached hydrogens (tertiary/aromatic N) is 1. The second kappa shape index (κ2) is 4.93. The molecule has 0 aromatic heterocycles. The van der Waals surface area contributed by atoms with Crippen molar-refractivity contribution in [2.24, 2.45) is 0 Å². The first-order valence-electron chi connectivity index (χ1n) is 6.06. The van der Waals surface area contributed by atoms with Crippen LogP contribution in [0.4, 0.5) is 0 Å². The first kappa shape index (κ1) is 11.6. The molecule has 1 atom stereocenters. The van der Waals surface area contributed by atoms with Crippen molar-refractivity contribution in [1.82, 2.24) is 10.2 Å². The summed E-state index contributed by atoms with van der Waals surface area (Å²) < 4.78 is 11.3. The Labute approximate surface area is 95.1 Å². The van der Waals surface area contributed by atoms with Crippen molar-refractivity contribution in [3.05, 3.63) is 0 Å². The van der Waals surface area contributed by atoms with E-state index >= 15 is 0 Å². The van der Waals surface area contributed by atoms with E-state index in [-0.39, 0.29) is 0 Å². The lowest BCUT2D eigenvalue weighted by Gasteiger charge is -2.36. The zero-order chi connectivity index (χ0) is 10.7. The lowest BCUT2D eigenvalue weighted by atomic mass is 9.93. The first-order chi connectivity index (χ1) is 7.24. The Hall–Kier alpha value is 0.0700. The van der Waals surface area contributed by atoms with Gasteiger partial charge in [-0.05, 0) is 25.8 Å². The molecule has 1 unspecified atom stereocenters. The highest BCUT2D eigenvalue weighted by Gasteiger charge is 2.33. The summed E-state index contributed by atoms with van der Waals surface area (Å²) in [4.78, 5) is 2.49. The van der Waals surface area contributed by atoms with Gasteiger partial charge in [0.1, 0.15) is 0 Å². The summed E-state index contributed by atoms with van der Waals surface area (Å²) in [6, 6.07) is 0. The van der Waals surface area contributed by atoms with Crippen LogP contribution in [0.1, 0.15) is 26.2 Å². The van der Waals surface area contributed by atoms with Crippen molar-refractivity contribution in [3.8, 4) is 0 Å². The highest BCUT2D eigenvalue weighted by molar-refractivity contribution is 7.85. The van der Waals surface area contributed by atoms with Crippen molar-refractivity contribution in [2.45, 2.75) is 31.7 Å². The van der Waals surface area contributed by atoms with Crippen LogP contribution in [0.2, 0.25) is 0 Å². The molecule has 4 heteroatoms. The van der Waals surface area contributed by atoms with E-state index in [2.05, 4.69) is 17.1 Å². The Balaban J connectivity index is 1.87.